The molecule has 0 aliphatic heterocycles. The third kappa shape index (κ3) is 1.21. The molecule has 2 aromatic rings. The van der Waals surface area contributed by atoms with E-state index in [2.05, 4.69) is 4.98 Å². The van der Waals surface area contributed by atoms with E-state index in [-0.39, 0.29) is 17.5 Å². The minimum absolute atomic E-state index is 0.0958. The maximum absolute atomic E-state index is 13.3. The Morgan fingerprint density at radius 2 is 1.60 bits per heavy atom. The SMILES string of the molecule is NCc1c[nH]c2c(F)c(F)c(F)c(F)c12. The maximum atomic E-state index is 13.3. The largest absolute Gasteiger partial charge is 0.358 e. The fourth-order valence-corrected chi connectivity index (χ4v) is 1.46. The summed E-state index contributed by atoms with van der Waals surface area (Å²) in [4.78, 5) is 2.31. The van der Waals surface area contributed by atoms with Gasteiger partial charge in [0.25, 0.3) is 0 Å². The van der Waals surface area contributed by atoms with E-state index in [1.807, 2.05) is 0 Å². The highest BCUT2D eigenvalue weighted by molar-refractivity contribution is 5.84. The van der Waals surface area contributed by atoms with E-state index in [9.17, 15) is 17.6 Å². The zero-order chi connectivity index (χ0) is 11.2. The van der Waals surface area contributed by atoms with E-state index in [4.69, 9.17) is 5.73 Å². The molecule has 0 saturated heterocycles. The molecule has 1 aromatic heterocycles. The predicted molar refractivity (Wildman–Crippen MR) is 46.0 cm³/mol. The first-order valence-electron chi connectivity index (χ1n) is 4.10. The second-order valence-corrected chi connectivity index (χ2v) is 3.02. The molecule has 0 spiro atoms. The predicted octanol–water partition coefficient (Wildman–Crippen LogP) is 2.18. The van der Waals surface area contributed by atoms with E-state index in [0.29, 0.717) is 0 Å². The van der Waals surface area contributed by atoms with Crippen molar-refractivity contribution in [1.82, 2.24) is 4.98 Å². The van der Waals surface area contributed by atoms with Crippen LogP contribution < -0.4 is 5.73 Å². The summed E-state index contributed by atoms with van der Waals surface area (Å²) in [7, 11) is 0. The fraction of sp³-hybridized carbons (Fsp3) is 0.111. The van der Waals surface area contributed by atoms with Crippen LogP contribution in [0.15, 0.2) is 6.20 Å². The van der Waals surface area contributed by atoms with Gasteiger partial charge in [0.2, 0.25) is 0 Å². The number of hydrogen-bond donors (Lipinski definition) is 2. The summed E-state index contributed by atoms with van der Waals surface area (Å²) in [6.45, 7) is -0.0958. The molecule has 2 nitrogen and oxygen atoms in total. The van der Waals surface area contributed by atoms with Crippen molar-refractivity contribution in [1.29, 1.82) is 0 Å². The lowest BCUT2D eigenvalue weighted by Crippen LogP contribution is -2.00. The van der Waals surface area contributed by atoms with Gasteiger partial charge in [0.1, 0.15) is 0 Å². The Bertz CT molecular complexity index is 533. The normalized spacial score (nSPS) is 11.3. The molecule has 1 aromatic carbocycles. The van der Waals surface area contributed by atoms with Gasteiger partial charge in [-0.2, -0.15) is 0 Å². The Morgan fingerprint density at radius 3 is 2.20 bits per heavy atom. The average molecular weight is 218 g/mol. The van der Waals surface area contributed by atoms with Crippen molar-refractivity contribution in [3.05, 3.63) is 35.0 Å². The molecule has 0 bridgehead atoms. The average Bonchev–Trinajstić information content (AvgIpc) is 2.67. The molecule has 0 amide bonds. The van der Waals surface area contributed by atoms with Crippen molar-refractivity contribution in [2.24, 2.45) is 5.73 Å². The van der Waals surface area contributed by atoms with Crippen LogP contribution in [0.25, 0.3) is 10.9 Å². The van der Waals surface area contributed by atoms with Gasteiger partial charge in [-0.3, -0.25) is 0 Å². The molecule has 3 N–H and O–H groups in total. The first-order chi connectivity index (χ1) is 7.07. The van der Waals surface area contributed by atoms with Gasteiger partial charge in [0, 0.05) is 18.1 Å². The van der Waals surface area contributed by atoms with Crippen molar-refractivity contribution in [2.45, 2.75) is 6.54 Å². The molecule has 1 heterocycles. The second kappa shape index (κ2) is 3.23. The van der Waals surface area contributed by atoms with Crippen LogP contribution in [0.1, 0.15) is 5.56 Å². The molecular formula is C9H6F4N2. The highest BCUT2D eigenvalue weighted by atomic mass is 19.2. The van der Waals surface area contributed by atoms with Crippen molar-refractivity contribution >= 4 is 10.9 Å². The number of aromatic amines is 1. The Hall–Kier alpha value is -1.56. The van der Waals surface area contributed by atoms with Crippen molar-refractivity contribution in [2.75, 3.05) is 0 Å². The molecule has 2 rings (SSSR count). The number of fused-ring (bicyclic) bond motifs is 1. The van der Waals surface area contributed by atoms with Gasteiger partial charge in [0.05, 0.1) is 5.52 Å². The van der Waals surface area contributed by atoms with E-state index in [0.717, 1.165) is 0 Å². The molecule has 0 aliphatic carbocycles. The summed E-state index contributed by atoms with van der Waals surface area (Å²) in [5.41, 5.74) is 5.03. The lowest BCUT2D eigenvalue weighted by molar-refractivity contribution is 0.417. The molecule has 0 radical (unpaired) electrons. The zero-order valence-corrected chi connectivity index (χ0v) is 7.37. The number of rotatable bonds is 1. The van der Waals surface area contributed by atoms with Crippen LogP contribution in [0, 0.1) is 23.3 Å². The summed E-state index contributed by atoms with van der Waals surface area (Å²) in [6, 6.07) is 0. The molecule has 15 heavy (non-hydrogen) atoms. The number of hydrogen-bond acceptors (Lipinski definition) is 1. The van der Waals surface area contributed by atoms with Gasteiger partial charge in [-0.05, 0) is 5.56 Å². The highest BCUT2D eigenvalue weighted by Crippen LogP contribution is 2.28. The van der Waals surface area contributed by atoms with Crippen LogP contribution >= 0.6 is 0 Å². The number of H-pyrrole nitrogens is 1. The zero-order valence-electron chi connectivity index (χ0n) is 7.37. The van der Waals surface area contributed by atoms with Crippen LogP contribution in [0.4, 0.5) is 17.6 Å². The molecule has 0 aliphatic rings. The highest BCUT2D eigenvalue weighted by Gasteiger charge is 2.22. The third-order valence-electron chi connectivity index (χ3n) is 2.20. The van der Waals surface area contributed by atoms with Gasteiger partial charge < -0.3 is 10.7 Å². The quantitative estimate of drug-likeness (QED) is 0.430. The Balaban J connectivity index is 2.97. The van der Waals surface area contributed by atoms with Crippen molar-refractivity contribution in [3.8, 4) is 0 Å². The summed E-state index contributed by atoms with van der Waals surface area (Å²) in [5.74, 6) is -6.52. The lowest BCUT2D eigenvalue weighted by Gasteiger charge is -2.01. The summed E-state index contributed by atoms with van der Waals surface area (Å²) >= 11 is 0. The van der Waals surface area contributed by atoms with E-state index >= 15 is 0 Å². The van der Waals surface area contributed by atoms with Gasteiger partial charge in [-0.1, -0.05) is 0 Å². The molecule has 0 fully saturated rings. The topological polar surface area (TPSA) is 41.8 Å². The number of aromatic nitrogens is 1. The van der Waals surface area contributed by atoms with Gasteiger partial charge in [-0.25, -0.2) is 17.6 Å². The fourth-order valence-electron chi connectivity index (χ4n) is 1.46. The van der Waals surface area contributed by atoms with Gasteiger partial charge >= 0.3 is 0 Å². The third-order valence-corrected chi connectivity index (χ3v) is 2.20. The minimum atomic E-state index is -1.83. The van der Waals surface area contributed by atoms with E-state index < -0.39 is 28.8 Å². The number of halogens is 4. The van der Waals surface area contributed by atoms with Crippen molar-refractivity contribution in [3.63, 3.8) is 0 Å². The van der Waals surface area contributed by atoms with Gasteiger partial charge in [-0.15, -0.1) is 0 Å². The van der Waals surface area contributed by atoms with Crippen LogP contribution in [0.5, 0.6) is 0 Å². The van der Waals surface area contributed by atoms with Crippen LogP contribution in [0.3, 0.4) is 0 Å². The molecule has 0 atom stereocenters. The lowest BCUT2D eigenvalue weighted by atomic mass is 10.1. The Labute approximate surface area is 81.7 Å². The molecule has 0 saturated carbocycles. The van der Waals surface area contributed by atoms with E-state index in [1.54, 1.807) is 0 Å². The standard InChI is InChI=1S/C9H6F4N2/c10-5-4-3(1-14)2-15-9(4)8(13)7(12)6(5)11/h2,15H,1,14H2. The number of nitrogens with two attached hydrogens (primary N) is 1. The summed E-state index contributed by atoms with van der Waals surface area (Å²) in [6.07, 6.45) is 1.22. The first-order valence-corrected chi connectivity index (χ1v) is 4.10. The van der Waals surface area contributed by atoms with E-state index in [1.165, 1.54) is 6.20 Å². The van der Waals surface area contributed by atoms with Crippen LogP contribution in [-0.2, 0) is 6.54 Å². The molecule has 80 valence electrons. The van der Waals surface area contributed by atoms with Crippen molar-refractivity contribution < 1.29 is 17.6 Å². The molecule has 6 heteroatoms. The smallest absolute Gasteiger partial charge is 0.199 e. The molecular weight excluding hydrogens is 212 g/mol. The van der Waals surface area contributed by atoms with Crippen LogP contribution in [-0.4, -0.2) is 4.98 Å². The summed E-state index contributed by atoms with van der Waals surface area (Å²) in [5, 5.41) is -0.339. The van der Waals surface area contributed by atoms with Crippen LogP contribution in [0.2, 0.25) is 0 Å². The maximum Gasteiger partial charge on any atom is 0.199 e. The Kier molecular flexibility index (Phi) is 2.15. The second-order valence-electron chi connectivity index (χ2n) is 3.02. The molecule has 0 unspecified atom stereocenters. The van der Waals surface area contributed by atoms with Gasteiger partial charge in [0.15, 0.2) is 23.3 Å². The summed E-state index contributed by atoms with van der Waals surface area (Å²) < 4.78 is 52.1. The Morgan fingerprint density at radius 1 is 1.00 bits per heavy atom. The number of nitrogens with one attached hydrogen (secondary N) is 1. The number of benzene rings is 1. The minimum Gasteiger partial charge on any atom is -0.358 e. The first kappa shape index (κ1) is 9.97. The monoisotopic (exact) mass is 218 g/mol.